The Morgan fingerprint density at radius 3 is 2.87 bits per heavy atom. The second kappa shape index (κ2) is 7.04. The second-order valence-electron chi connectivity index (χ2n) is 7.24. The molecule has 0 bridgehead atoms. The zero-order valence-electron chi connectivity index (χ0n) is 14.8. The lowest BCUT2D eigenvalue weighted by atomic mass is 9.83. The molecule has 1 aromatic heterocycles. The van der Waals surface area contributed by atoms with Gasteiger partial charge in [0.05, 0.1) is 5.69 Å². The number of hydrogen-bond acceptors (Lipinski definition) is 3. The van der Waals surface area contributed by atoms with Gasteiger partial charge >= 0.3 is 0 Å². The van der Waals surface area contributed by atoms with E-state index in [9.17, 15) is 4.79 Å². The normalized spacial score (nSPS) is 25.7. The summed E-state index contributed by atoms with van der Waals surface area (Å²) in [7, 11) is 1.99. The minimum absolute atomic E-state index is 0.385. The number of carbonyl (C=O) groups excluding carboxylic acids is 1. The molecule has 2 fully saturated rings. The molecule has 2 saturated heterocycles. The Bertz CT molecular complexity index is 553. The van der Waals surface area contributed by atoms with Gasteiger partial charge in [0.1, 0.15) is 0 Å². The van der Waals surface area contributed by atoms with Crippen LogP contribution in [0.1, 0.15) is 50.3 Å². The summed E-state index contributed by atoms with van der Waals surface area (Å²) in [6.45, 7) is 8.45. The number of likely N-dealkylation sites (tertiary alicyclic amines) is 2. The van der Waals surface area contributed by atoms with Crippen molar-refractivity contribution in [3.8, 4) is 0 Å². The Kier molecular flexibility index (Phi) is 5.05. The molecule has 5 heteroatoms. The summed E-state index contributed by atoms with van der Waals surface area (Å²) in [4.78, 5) is 17.0. The smallest absolute Gasteiger partial charge is 0.222 e. The number of hydrogen-bond donors (Lipinski definition) is 0. The zero-order chi connectivity index (χ0) is 16.4. The Balaban J connectivity index is 1.62. The third kappa shape index (κ3) is 3.60. The molecule has 0 saturated carbocycles. The van der Waals surface area contributed by atoms with Gasteiger partial charge in [-0.25, -0.2) is 0 Å². The van der Waals surface area contributed by atoms with Crippen LogP contribution >= 0.6 is 0 Å². The largest absolute Gasteiger partial charge is 0.339 e. The summed E-state index contributed by atoms with van der Waals surface area (Å²) in [5, 5.41) is 4.45. The van der Waals surface area contributed by atoms with Crippen LogP contribution in [0.3, 0.4) is 0 Å². The molecule has 0 N–H and O–H groups in total. The number of nitrogens with zero attached hydrogens (tertiary/aromatic N) is 4. The average molecular weight is 318 g/mol. The van der Waals surface area contributed by atoms with Crippen molar-refractivity contribution in [2.45, 2.75) is 58.5 Å². The van der Waals surface area contributed by atoms with Gasteiger partial charge in [0, 0.05) is 57.4 Å². The molecule has 2 atom stereocenters. The molecule has 0 spiro atoms. The fourth-order valence-corrected chi connectivity index (χ4v) is 4.23. The number of piperidine rings is 2. The van der Waals surface area contributed by atoms with Crippen LogP contribution in [0.2, 0.25) is 0 Å². The van der Waals surface area contributed by atoms with Gasteiger partial charge in [-0.15, -0.1) is 0 Å². The van der Waals surface area contributed by atoms with Crippen LogP contribution < -0.4 is 0 Å². The number of amides is 1. The Morgan fingerprint density at radius 1 is 1.35 bits per heavy atom. The second-order valence-corrected chi connectivity index (χ2v) is 7.24. The van der Waals surface area contributed by atoms with E-state index in [2.05, 4.69) is 34.9 Å². The minimum Gasteiger partial charge on any atom is -0.339 e. The van der Waals surface area contributed by atoms with Crippen LogP contribution in [0.5, 0.6) is 0 Å². The lowest BCUT2D eigenvalue weighted by Crippen LogP contribution is -2.55. The van der Waals surface area contributed by atoms with E-state index >= 15 is 0 Å². The standard InChI is InChI=1S/C18H30N4O/c1-4-5-9-22-17-8-10-21(12-15(17)6-7-18(22)23)13-16-11-20(3)19-14(16)2/h11,15,17H,4-10,12-13H2,1-3H3/t15-,17+/m0/s1. The molecular formula is C18H30N4O. The van der Waals surface area contributed by atoms with E-state index in [-0.39, 0.29) is 0 Å². The van der Waals surface area contributed by atoms with Crippen molar-refractivity contribution in [3.05, 3.63) is 17.5 Å². The molecule has 3 heterocycles. The first-order valence-electron chi connectivity index (χ1n) is 9.09. The van der Waals surface area contributed by atoms with Crippen molar-refractivity contribution >= 4 is 5.91 Å². The highest BCUT2D eigenvalue weighted by Crippen LogP contribution is 2.32. The van der Waals surface area contributed by atoms with Gasteiger partial charge in [0.25, 0.3) is 0 Å². The lowest BCUT2D eigenvalue weighted by Gasteiger charge is -2.47. The van der Waals surface area contributed by atoms with Gasteiger partial charge in [-0.3, -0.25) is 14.4 Å². The molecule has 1 aromatic rings. The van der Waals surface area contributed by atoms with Gasteiger partial charge in [0.15, 0.2) is 0 Å². The summed E-state index contributed by atoms with van der Waals surface area (Å²) in [5.41, 5.74) is 2.47. The van der Waals surface area contributed by atoms with Gasteiger partial charge in [-0.2, -0.15) is 5.10 Å². The van der Waals surface area contributed by atoms with Crippen molar-refractivity contribution < 1.29 is 4.79 Å². The fourth-order valence-electron chi connectivity index (χ4n) is 4.23. The van der Waals surface area contributed by atoms with Crippen molar-refractivity contribution in [1.29, 1.82) is 0 Å². The first-order valence-corrected chi connectivity index (χ1v) is 9.09. The minimum atomic E-state index is 0.385. The molecule has 1 amide bonds. The molecule has 0 unspecified atom stereocenters. The molecule has 23 heavy (non-hydrogen) atoms. The number of aromatic nitrogens is 2. The molecular weight excluding hydrogens is 288 g/mol. The van der Waals surface area contributed by atoms with E-state index in [1.165, 1.54) is 5.56 Å². The van der Waals surface area contributed by atoms with Crippen molar-refractivity contribution in [2.24, 2.45) is 13.0 Å². The third-order valence-electron chi connectivity index (χ3n) is 5.49. The summed E-state index contributed by atoms with van der Waals surface area (Å²) >= 11 is 0. The third-order valence-corrected chi connectivity index (χ3v) is 5.49. The molecule has 0 radical (unpaired) electrons. The van der Waals surface area contributed by atoms with Gasteiger partial charge < -0.3 is 4.90 Å². The number of fused-ring (bicyclic) bond motifs is 1. The maximum Gasteiger partial charge on any atom is 0.222 e. The monoisotopic (exact) mass is 318 g/mol. The molecule has 2 aliphatic rings. The Hall–Kier alpha value is -1.36. The molecule has 0 aromatic carbocycles. The topological polar surface area (TPSA) is 41.4 Å². The SMILES string of the molecule is CCCCN1C(=O)CC[C@H]2CN(Cc3cn(C)nc3C)CC[C@H]21. The highest BCUT2D eigenvalue weighted by atomic mass is 16.2. The van der Waals surface area contributed by atoms with Crippen LogP contribution in [0.25, 0.3) is 0 Å². The molecule has 2 aliphatic heterocycles. The number of carbonyl (C=O) groups is 1. The Morgan fingerprint density at radius 2 is 2.17 bits per heavy atom. The van der Waals surface area contributed by atoms with E-state index < -0.39 is 0 Å². The van der Waals surface area contributed by atoms with Crippen LogP contribution in [-0.4, -0.2) is 51.2 Å². The summed E-state index contributed by atoms with van der Waals surface area (Å²) in [6, 6.07) is 0.481. The quantitative estimate of drug-likeness (QED) is 0.837. The van der Waals surface area contributed by atoms with E-state index in [4.69, 9.17) is 0 Å². The number of unbranched alkanes of at least 4 members (excludes halogenated alkanes) is 1. The molecule has 5 nitrogen and oxygen atoms in total. The summed E-state index contributed by atoms with van der Waals surface area (Å²) < 4.78 is 1.91. The average Bonchev–Trinajstić information content (AvgIpc) is 2.84. The maximum absolute atomic E-state index is 12.3. The van der Waals surface area contributed by atoms with Crippen LogP contribution in [0.15, 0.2) is 6.20 Å². The van der Waals surface area contributed by atoms with E-state index in [0.717, 1.165) is 64.0 Å². The first kappa shape index (κ1) is 16.5. The van der Waals surface area contributed by atoms with Crippen molar-refractivity contribution in [3.63, 3.8) is 0 Å². The first-order chi connectivity index (χ1) is 11.1. The van der Waals surface area contributed by atoms with Gasteiger partial charge in [-0.1, -0.05) is 13.3 Å². The number of rotatable bonds is 5. The molecule has 128 valence electrons. The lowest BCUT2D eigenvalue weighted by molar-refractivity contribution is -0.141. The predicted molar refractivity (Wildman–Crippen MR) is 91.0 cm³/mol. The van der Waals surface area contributed by atoms with Crippen LogP contribution in [0, 0.1) is 12.8 Å². The highest BCUT2D eigenvalue weighted by Gasteiger charge is 2.38. The predicted octanol–water partition coefficient (Wildman–Crippen LogP) is 2.34. The van der Waals surface area contributed by atoms with Gasteiger partial charge in [-0.05, 0) is 32.1 Å². The van der Waals surface area contributed by atoms with Crippen LogP contribution in [-0.2, 0) is 18.4 Å². The van der Waals surface area contributed by atoms with Crippen LogP contribution in [0.4, 0.5) is 0 Å². The van der Waals surface area contributed by atoms with Crippen molar-refractivity contribution in [1.82, 2.24) is 19.6 Å². The van der Waals surface area contributed by atoms with E-state index in [1.807, 2.05) is 11.7 Å². The van der Waals surface area contributed by atoms with E-state index in [1.54, 1.807) is 0 Å². The van der Waals surface area contributed by atoms with Crippen molar-refractivity contribution in [2.75, 3.05) is 19.6 Å². The van der Waals surface area contributed by atoms with E-state index in [0.29, 0.717) is 17.9 Å². The van der Waals surface area contributed by atoms with Gasteiger partial charge in [0.2, 0.25) is 5.91 Å². The Labute approximate surface area is 139 Å². The molecule has 0 aliphatic carbocycles. The zero-order valence-corrected chi connectivity index (χ0v) is 14.8. The summed E-state index contributed by atoms with van der Waals surface area (Å²) in [5.74, 6) is 1.03. The fraction of sp³-hybridized carbons (Fsp3) is 0.778. The summed E-state index contributed by atoms with van der Waals surface area (Å²) in [6.07, 6.45) is 7.36. The molecule has 3 rings (SSSR count). The number of aryl methyl sites for hydroxylation is 2. The highest BCUT2D eigenvalue weighted by molar-refractivity contribution is 5.77. The maximum atomic E-state index is 12.3.